The molecule has 3 nitrogen and oxygen atoms in total. The maximum absolute atomic E-state index is 11.7. The summed E-state index contributed by atoms with van der Waals surface area (Å²) in [5.41, 5.74) is 4.40. The summed E-state index contributed by atoms with van der Waals surface area (Å²) < 4.78 is 0. The molecule has 1 fully saturated rings. The third-order valence-corrected chi connectivity index (χ3v) is 4.38. The second-order valence-electron chi connectivity index (χ2n) is 6.92. The number of nitrogens with zero attached hydrogens (tertiary/aromatic N) is 1. The van der Waals surface area contributed by atoms with Crippen molar-refractivity contribution >= 4 is 11.5 Å². The van der Waals surface area contributed by atoms with E-state index < -0.39 is 0 Å². The Morgan fingerprint density at radius 1 is 1.17 bits per heavy atom. The number of nitrogens with one attached hydrogen (secondary N) is 1. The van der Waals surface area contributed by atoms with E-state index in [1.807, 2.05) is 24.3 Å². The highest BCUT2D eigenvalue weighted by atomic mass is 16.1. The Kier molecular flexibility index (Phi) is 4.22. The van der Waals surface area contributed by atoms with Crippen molar-refractivity contribution in [1.82, 2.24) is 4.90 Å². The van der Waals surface area contributed by atoms with E-state index in [4.69, 9.17) is 0 Å². The minimum atomic E-state index is 0.0232. The number of hydrogen-bond acceptors (Lipinski definition) is 3. The molecule has 1 aliphatic rings. The monoisotopic (exact) mass is 308 g/mol. The smallest absolute Gasteiger partial charge is 0.161 e. The zero-order chi connectivity index (χ0) is 16.4. The van der Waals surface area contributed by atoms with Crippen LogP contribution in [0.5, 0.6) is 0 Å². The molecular weight excluding hydrogens is 284 g/mol. The van der Waals surface area contributed by atoms with Gasteiger partial charge in [-0.2, -0.15) is 0 Å². The van der Waals surface area contributed by atoms with Crippen LogP contribution in [0.15, 0.2) is 48.5 Å². The topological polar surface area (TPSA) is 32.3 Å². The first kappa shape index (κ1) is 15.8. The van der Waals surface area contributed by atoms with Crippen molar-refractivity contribution in [2.24, 2.45) is 0 Å². The Bertz CT molecular complexity index is 717. The zero-order valence-corrected chi connectivity index (χ0v) is 14.1. The number of ketones is 1. The predicted octanol–water partition coefficient (Wildman–Crippen LogP) is 3.88. The standard InChI is InChI=1S/C20H24N2O/c1-15-7-6-8-17(11-15)12-22-13-20(3,14-22)21-19-10-5-4-9-18(19)16(2)23/h4-11,21H,12-14H2,1-3H3. The van der Waals surface area contributed by atoms with Crippen LogP contribution < -0.4 is 5.32 Å². The molecule has 1 saturated heterocycles. The number of anilines is 1. The lowest BCUT2D eigenvalue weighted by Gasteiger charge is -2.49. The van der Waals surface area contributed by atoms with Gasteiger partial charge in [0.25, 0.3) is 0 Å². The average Bonchev–Trinajstić information content (AvgIpc) is 2.46. The van der Waals surface area contributed by atoms with E-state index in [-0.39, 0.29) is 11.3 Å². The van der Waals surface area contributed by atoms with Crippen molar-refractivity contribution in [3.05, 3.63) is 65.2 Å². The highest BCUT2D eigenvalue weighted by Crippen LogP contribution is 2.29. The summed E-state index contributed by atoms with van der Waals surface area (Å²) in [6.07, 6.45) is 0. The molecule has 0 aromatic heterocycles. The Labute approximate surface area is 138 Å². The zero-order valence-electron chi connectivity index (χ0n) is 14.1. The van der Waals surface area contributed by atoms with E-state index >= 15 is 0 Å². The lowest BCUT2D eigenvalue weighted by atomic mass is 9.90. The van der Waals surface area contributed by atoms with Crippen LogP contribution in [0, 0.1) is 6.92 Å². The lowest BCUT2D eigenvalue weighted by Crippen LogP contribution is -2.63. The molecule has 0 radical (unpaired) electrons. The van der Waals surface area contributed by atoms with Gasteiger partial charge >= 0.3 is 0 Å². The molecular formula is C20H24N2O. The fraction of sp³-hybridized carbons (Fsp3) is 0.350. The van der Waals surface area contributed by atoms with Crippen molar-refractivity contribution in [2.75, 3.05) is 18.4 Å². The number of rotatable bonds is 5. The van der Waals surface area contributed by atoms with Gasteiger partial charge in [0.2, 0.25) is 0 Å². The van der Waals surface area contributed by atoms with Gasteiger partial charge in [0.1, 0.15) is 0 Å². The summed E-state index contributed by atoms with van der Waals surface area (Å²) in [5, 5.41) is 3.57. The first-order chi connectivity index (χ1) is 11.0. The van der Waals surface area contributed by atoms with Gasteiger partial charge in [-0.15, -0.1) is 0 Å². The SMILES string of the molecule is CC(=O)c1ccccc1NC1(C)CN(Cc2cccc(C)c2)C1. The maximum Gasteiger partial charge on any atom is 0.161 e. The van der Waals surface area contributed by atoms with Crippen molar-refractivity contribution in [2.45, 2.75) is 32.9 Å². The summed E-state index contributed by atoms with van der Waals surface area (Å²) in [6.45, 7) is 8.90. The first-order valence-electron chi connectivity index (χ1n) is 8.11. The van der Waals surface area contributed by atoms with Crippen LogP contribution in [0.25, 0.3) is 0 Å². The normalized spacial score (nSPS) is 16.7. The Hall–Kier alpha value is -2.13. The lowest BCUT2D eigenvalue weighted by molar-refractivity contribution is 0.0903. The third kappa shape index (κ3) is 3.62. The Morgan fingerprint density at radius 2 is 1.91 bits per heavy atom. The molecule has 120 valence electrons. The third-order valence-electron chi connectivity index (χ3n) is 4.38. The molecule has 2 aromatic rings. The van der Waals surface area contributed by atoms with Gasteiger partial charge in [0.15, 0.2) is 5.78 Å². The fourth-order valence-electron chi connectivity index (χ4n) is 3.42. The van der Waals surface area contributed by atoms with Crippen LogP contribution in [0.1, 0.15) is 35.3 Å². The molecule has 2 aromatic carbocycles. The van der Waals surface area contributed by atoms with E-state index in [1.165, 1.54) is 11.1 Å². The minimum Gasteiger partial charge on any atom is -0.377 e. The van der Waals surface area contributed by atoms with Crippen molar-refractivity contribution in [1.29, 1.82) is 0 Å². The molecule has 1 N–H and O–H groups in total. The Balaban J connectivity index is 1.62. The molecule has 0 saturated carbocycles. The van der Waals surface area contributed by atoms with E-state index in [9.17, 15) is 4.79 Å². The fourth-order valence-corrected chi connectivity index (χ4v) is 3.42. The van der Waals surface area contributed by atoms with E-state index in [1.54, 1.807) is 6.92 Å². The first-order valence-corrected chi connectivity index (χ1v) is 8.11. The number of benzene rings is 2. The van der Waals surface area contributed by atoms with Crippen molar-refractivity contribution < 1.29 is 4.79 Å². The highest BCUT2D eigenvalue weighted by Gasteiger charge is 2.38. The molecule has 0 amide bonds. The van der Waals surface area contributed by atoms with Gasteiger partial charge in [-0.1, -0.05) is 42.0 Å². The molecule has 0 atom stereocenters. The van der Waals surface area contributed by atoms with Crippen LogP contribution >= 0.6 is 0 Å². The summed E-state index contributed by atoms with van der Waals surface area (Å²) >= 11 is 0. The average molecular weight is 308 g/mol. The van der Waals surface area contributed by atoms with Gasteiger partial charge in [0, 0.05) is 30.9 Å². The molecule has 23 heavy (non-hydrogen) atoms. The van der Waals surface area contributed by atoms with Gasteiger partial charge in [-0.3, -0.25) is 9.69 Å². The second-order valence-corrected chi connectivity index (χ2v) is 6.92. The number of carbonyl (C=O) groups is 1. The van der Waals surface area contributed by atoms with Crippen molar-refractivity contribution in [3.8, 4) is 0 Å². The minimum absolute atomic E-state index is 0.0232. The molecule has 0 bridgehead atoms. The number of likely N-dealkylation sites (tertiary alicyclic amines) is 1. The number of Topliss-reactive ketones (excluding diaryl/α,β-unsaturated/α-hetero) is 1. The molecule has 3 heteroatoms. The van der Waals surface area contributed by atoms with Crippen LogP contribution in [-0.4, -0.2) is 29.3 Å². The van der Waals surface area contributed by atoms with Gasteiger partial charge in [-0.05, 0) is 38.5 Å². The van der Waals surface area contributed by atoms with E-state index in [0.717, 1.165) is 30.9 Å². The molecule has 0 aliphatic carbocycles. The number of hydrogen-bond donors (Lipinski definition) is 1. The summed E-state index contributed by atoms with van der Waals surface area (Å²) in [7, 11) is 0. The van der Waals surface area contributed by atoms with Crippen LogP contribution in [0.2, 0.25) is 0 Å². The summed E-state index contributed by atoms with van der Waals surface area (Å²) in [4.78, 5) is 14.2. The van der Waals surface area contributed by atoms with E-state index in [0.29, 0.717) is 0 Å². The summed E-state index contributed by atoms with van der Waals surface area (Å²) in [6, 6.07) is 16.4. The number of para-hydroxylation sites is 1. The van der Waals surface area contributed by atoms with Crippen LogP contribution in [0.3, 0.4) is 0 Å². The molecule has 1 aliphatic heterocycles. The predicted molar refractivity (Wildman–Crippen MR) is 94.9 cm³/mol. The van der Waals surface area contributed by atoms with Crippen LogP contribution in [0.4, 0.5) is 5.69 Å². The maximum atomic E-state index is 11.7. The second kappa shape index (κ2) is 6.17. The summed E-state index contributed by atoms with van der Waals surface area (Å²) in [5.74, 6) is 0.104. The molecule has 1 heterocycles. The van der Waals surface area contributed by atoms with Gasteiger partial charge in [-0.25, -0.2) is 0 Å². The highest BCUT2D eigenvalue weighted by molar-refractivity contribution is 5.99. The molecule has 3 rings (SSSR count). The number of carbonyl (C=O) groups excluding carboxylic acids is 1. The number of aryl methyl sites for hydroxylation is 1. The quantitative estimate of drug-likeness (QED) is 0.851. The molecule has 0 spiro atoms. The molecule has 0 unspecified atom stereocenters. The van der Waals surface area contributed by atoms with E-state index in [2.05, 4.69) is 48.3 Å². The van der Waals surface area contributed by atoms with Gasteiger partial charge in [0.05, 0.1) is 5.54 Å². The van der Waals surface area contributed by atoms with Gasteiger partial charge < -0.3 is 5.32 Å². The largest absolute Gasteiger partial charge is 0.377 e. The van der Waals surface area contributed by atoms with Crippen molar-refractivity contribution in [3.63, 3.8) is 0 Å². The Morgan fingerprint density at radius 3 is 2.61 bits per heavy atom. The van der Waals surface area contributed by atoms with Crippen LogP contribution in [-0.2, 0) is 6.54 Å².